The zero-order valence-electron chi connectivity index (χ0n) is 11.4. The van der Waals surface area contributed by atoms with E-state index in [0.29, 0.717) is 0 Å². The number of nitrogens with one attached hydrogen (secondary N) is 3. The molecule has 19 heavy (non-hydrogen) atoms. The van der Waals surface area contributed by atoms with Gasteiger partial charge in [0.25, 0.3) is 0 Å². The minimum Gasteiger partial charge on any atom is -0.343 e. The summed E-state index contributed by atoms with van der Waals surface area (Å²) in [5, 5.41) is 7.79. The molecule has 1 aliphatic heterocycles. The molecule has 0 aromatic carbocycles. The summed E-state index contributed by atoms with van der Waals surface area (Å²) in [7, 11) is 0. The summed E-state index contributed by atoms with van der Waals surface area (Å²) in [6.07, 6.45) is 2.73. The SMILES string of the molecule is C[C@H](N)C(=O)N[C@@H](C)C(=O)NC(=O)C1CCCCN1. The van der Waals surface area contributed by atoms with Crippen molar-refractivity contribution in [2.75, 3.05) is 6.54 Å². The summed E-state index contributed by atoms with van der Waals surface area (Å²) in [6, 6.07) is -1.80. The molecule has 7 heteroatoms. The van der Waals surface area contributed by atoms with E-state index < -0.39 is 23.9 Å². The third-order valence-electron chi connectivity index (χ3n) is 3.04. The largest absolute Gasteiger partial charge is 0.343 e. The number of carbonyl (C=O) groups is 3. The van der Waals surface area contributed by atoms with E-state index in [4.69, 9.17) is 5.73 Å². The van der Waals surface area contributed by atoms with Crippen molar-refractivity contribution >= 4 is 17.7 Å². The molecule has 1 unspecified atom stereocenters. The van der Waals surface area contributed by atoms with Gasteiger partial charge in [0, 0.05) is 0 Å². The second-order valence-electron chi connectivity index (χ2n) is 4.87. The van der Waals surface area contributed by atoms with E-state index in [1.807, 2.05) is 0 Å². The fourth-order valence-corrected chi connectivity index (χ4v) is 1.80. The number of imide groups is 1. The number of carbonyl (C=O) groups excluding carboxylic acids is 3. The topological polar surface area (TPSA) is 113 Å². The lowest BCUT2D eigenvalue weighted by Gasteiger charge is -2.23. The summed E-state index contributed by atoms with van der Waals surface area (Å²) < 4.78 is 0. The van der Waals surface area contributed by atoms with E-state index >= 15 is 0 Å². The van der Waals surface area contributed by atoms with Gasteiger partial charge in [0.05, 0.1) is 12.1 Å². The van der Waals surface area contributed by atoms with Crippen LogP contribution in [-0.4, -0.2) is 42.4 Å². The minimum atomic E-state index is -0.786. The van der Waals surface area contributed by atoms with Crippen LogP contribution >= 0.6 is 0 Å². The van der Waals surface area contributed by atoms with Crippen LogP contribution in [-0.2, 0) is 14.4 Å². The van der Waals surface area contributed by atoms with Crippen LogP contribution in [0, 0.1) is 0 Å². The Morgan fingerprint density at radius 3 is 2.42 bits per heavy atom. The number of amides is 3. The number of rotatable bonds is 4. The highest BCUT2D eigenvalue weighted by Crippen LogP contribution is 2.06. The third kappa shape index (κ3) is 4.96. The summed E-state index contributed by atoms with van der Waals surface area (Å²) >= 11 is 0. The molecule has 108 valence electrons. The quantitative estimate of drug-likeness (QED) is 0.503. The summed E-state index contributed by atoms with van der Waals surface area (Å²) in [5.74, 6) is -1.29. The van der Waals surface area contributed by atoms with Gasteiger partial charge in [-0.1, -0.05) is 6.42 Å². The van der Waals surface area contributed by atoms with Crippen molar-refractivity contribution in [1.29, 1.82) is 0 Å². The molecule has 1 saturated heterocycles. The standard InChI is InChI=1S/C12H22N4O3/c1-7(13)10(17)15-8(2)11(18)16-12(19)9-5-3-4-6-14-9/h7-9,14H,3-6,13H2,1-2H3,(H,15,17)(H,16,18,19)/t7-,8-,9?/m0/s1. The molecule has 1 rings (SSSR count). The molecule has 0 radical (unpaired) electrons. The lowest BCUT2D eigenvalue weighted by atomic mass is 10.0. The van der Waals surface area contributed by atoms with Gasteiger partial charge in [-0.2, -0.15) is 0 Å². The lowest BCUT2D eigenvalue weighted by molar-refractivity contribution is -0.135. The highest BCUT2D eigenvalue weighted by atomic mass is 16.2. The van der Waals surface area contributed by atoms with Crippen molar-refractivity contribution in [2.24, 2.45) is 5.73 Å². The van der Waals surface area contributed by atoms with E-state index in [0.717, 1.165) is 25.8 Å². The van der Waals surface area contributed by atoms with Gasteiger partial charge in [-0.3, -0.25) is 19.7 Å². The Morgan fingerprint density at radius 2 is 1.89 bits per heavy atom. The Kier molecular flexibility index (Phi) is 5.91. The Bertz CT molecular complexity index is 351. The molecule has 3 amide bonds. The molecule has 1 aliphatic rings. The molecular formula is C12H22N4O3. The fraction of sp³-hybridized carbons (Fsp3) is 0.750. The van der Waals surface area contributed by atoms with Gasteiger partial charge in [0.1, 0.15) is 6.04 Å². The molecule has 0 saturated carbocycles. The Hall–Kier alpha value is -1.47. The van der Waals surface area contributed by atoms with Gasteiger partial charge in [0.15, 0.2) is 0 Å². The van der Waals surface area contributed by atoms with Gasteiger partial charge < -0.3 is 16.4 Å². The molecule has 0 aliphatic carbocycles. The highest BCUT2D eigenvalue weighted by Gasteiger charge is 2.25. The molecule has 3 atom stereocenters. The summed E-state index contributed by atoms with van der Waals surface area (Å²) in [4.78, 5) is 34.9. The van der Waals surface area contributed by atoms with Crippen molar-refractivity contribution in [3.05, 3.63) is 0 Å². The maximum Gasteiger partial charge on any atom is 0.248 e. The molecule has 0 aromatic heterocycles. The van der Waals surface area contributed by atoms with Crippen molar-refractivity contribution in [1.82, 2.24) is 16.0 Å². The fourth-order valence-electron chi connectivity index (χ4n) is 1.80. The predicted octanol–water partition coefficient (Wildman–Crippen LogP) is -1.38. The number of piperidine rings is 1. The Labute approximate surface area is 112 Å². The average Bonchev–Trinajstić information content (AvgIpc) is 2.39. The van der Waals surface area contributed by atoms with E-state index in [1.165, 1.54) is 13.8 Å². The monoisotopic (exact) mass is 270 g/mol. The van der Waals surface area contributed by atoms with Crippen molar-refractivity contribution in [2.45, 2.75) is 51.2 Å². The second-order valence-corrected chi connectivity index (χ2v) is 4.87. The van der Waals surface area contributed by atoms with E-state index in [9.17, 15) is 14.4 Å². The summed E-state index contributed by atoms with van der Waals surface area (Å²) in [5.41, 5.74) is 5.38. The molecule has 0 aromatic rings. The van der Waals surface area contributed by atoms with Crippen molar-refractivity contribution in [3.63, 3.8) is 0 Å². The van der Waals surface area contributed by atoms with E-state index in [-0.39, 0.29) is 11.9 Å². The summed E-state index contributed by atoms with van der Waals surface area (Å²) in [6.45, 7) is 3.82. The number of nitrogens with two attached hydrogens (primary N) is 1. The van der Waals surface area contributed by atoms with Crippen molar-refractivity contribution in [3.8, 4) is 0 Å². The van der Waals surface area contributed by atoms with E-state index in [2.05, 4.69) is 16.0 Å². The van der Waals surface area contributed by atoms with Gasteiger partial charge in [-0.25, -0.2) is 0 Å². The number of hydrogen-bond acceptors (Lipinski definition) is 5. The second kappa shape index (κ2) is 7.20. The molecule has 7 nitrogen and oxygen atoms in total. The van der Waals surface area contributed by atoms with E-state index in [1.54, 1.807) is 0 Å². The Morgan fingerprint density at radius 1 is 1.21 bits per heavy atom. The zero-order valence-corrected chi connectivity index (χ0v) is 11.4. The number of hydrogen-bond donors (Lipinski definition) is 4. The lowest BCUT2D eigenvalue weighted by Crippen LogP contribution is -2.54. The van der Waals surface area contributed by atoms with Crippen molar-refractivity contribution < 1.29 is 14.4 Å². The van der Waals surface area contributed by atoms with Crippen LogP contribution in [0.3, 0.4) is 0 Å². The van der Waals surface area contributed by atoms with Gasteiger partial charge in [-0.15, -0.1) is 0 Å². The van der Waals surface area contributed by atoms with Crippen LogP contribution in [0.2, 0.25) is 0 Å². The first-order valence-corrected chi connectivity index (χ1v) is 6.56. The first kappa shape index (κ1) is 15.6. The molecule has 0 bridgehead atoms. The molecule has 1 heterocycles. The van der Waals surface area contributed by atoms with Crippen LogP contribution in [0.15, 0.2) is 0 Å². The maximum atomic E-state index is 11.8. The van der Waals surface area contributed by atoms with Crippen LogP contribution in [0.4, 0.5) is 0 Å². The smallest absolute Gasteiger partial charge is 0.248 e. The van der Waals surface area contributed by atoms with Crippen LogP contribution in [0.25, 0.3) is 0 Å². The first-order chi connectivity index (χ1) is 8.91. The van der Waals surface area contributed by atoms with Crippen LogP contribution < -0.4 is 21.7 Å². The zero-order chi connectivity index (χ0) is 14.4. The average molecular weight is 270 g/mol. The molecule has 0 spiro atoms. The minimum absolute atomic E-state index is 0.325. The molecule has 1 fully saturated rings. The normalized spacial score (nSPS) is 22.2. The highest BCUT2D eigenvalue weighted by molar-refractivity contribution is 6.01. The third-order valence-corrected chi connectivity index (χ3v) is 3.04. The van der Waals surface area contributed by atoms with Crippen LogP contribution in [0.1, 0.15) is 33.1 Å². The maximum absolute atomic E-state index is 11.8. The first-order valence-electron chi connectivity index (χ1n) is 6.56. The van der Waals surface area contributed by atoms with Crippen LogP contribution in [0.5, 0.6) is 0 Å². The molecule has 5 N–H and O–H groups in total. The van der Waals surface area contributed by atoms with Gasteiger partial charge in [-0.05, 0) is 33.2 Å². The Balaban J connectivity index is 2.40. The molecular weight excluding hydrogens is 248 g/mol. The predicted molar refractivity (Wildman–Crippen MR) is 70.0 cm³/mol. The van der Waals surface area contributed by atoms with Gasteiger partial charge >= 0.3 is 0 Å². The van der Waals surface area contributed by atoms with Gasteiger partial charge in [0.2, 0.25) is 17.7 Å².